The predicted molar refractivity (Wildman–Crippen MR) is 103 cm³/mol. The van der Waals surface area contributed by atoms with E-state index < -0.39 is 98.5 Å². The molecule has 4 atom stereocenters. The van der Waals surface area contributed by atoms with Crippen LogP contribution in [-0.4, -0.2) is 109 Å². The van der Waals surface area contributed by atoms with Crippen LogP contribution in [0.1, 0.15) is 25.7 Å². The summed E-state index contributed by atoms with van der Waals surface area (Å²) in [5.74, 6) is 0. The minimum absolute atomic E-state index is 0. The minimum atomic E-state index is -4.98. The first-order valence-corrected chi connectivity index (χ1v) is 11.7. The van der Waals surface area contributed by atoms with Crippen molar-refractivity contribution in [3.8, 4) is 0 Å². The quantitative estimate of drug-likeness (QED) is 0.204. The third-order valence-electron chi connectivity index (χ3n) is 6.48. The zero-order valence-corrected chi connectivity index (χ0v) is 24.7. The molecule has 4 unspecified atom stereocenters. The van der Waals surface area contributed by atoms with Gasteiger partial charge in [0.05, 0.1) is 0 Å². The molecule has 0 saturated carbocycles. The third kappa shape index (κ3) is 12.8. The summed E-state index contributed by atoms with van der Waals surface area (Å²) in [6.07, 6.45) is -23.4. The number of hydrogen-bond donors (Lipinski definition) is 1. The summed E-state index contributed by atoms with van der Waals surface area (Å²) in [7, 11) is 2.75. The Bertz CT molecular complexity index is 697. The summed E-state index contributed by atoms with van der Waals surface area (Å²) < 4.78 is 161. The molecule has 1 aliphatic rings. The largest absolute Gasteiger partial charge is 1.00 e. The molecule has 0 spiro atoms. The Hall–Kier alpha value is 0.584. The molecule has 0 aromatic carbocycles. The van der Waals surface area contributed by atoms with Crippen molar-refractivity contribution >= 4 is 0 Å². The summed E-state index contributed by atoms with van der Waals surface area (Å²) in [5.41, 5.74) is 0. The molecule has 0 aromatic heterocycles. The molecule has 1 fully saturated rings. The van der Waals surface area contributed by atoms with Gasteiger partial charge in [-0.25, -0.2) is 0 Å². The molecular formula is C19H29Cl3F12N4Ti. The van der Waals surface area contributed by atoms with Crippen molar-refractivity contribution in [3.63, 3.8) is 0 Å². The zero-order valence-electron chi connectivity index (χ0n) is 20.9. The van der Waals surface area contributed by atoms with Gasteiger partial charge in [0.1, 0.15) is 0 Å². The van der Waals surface area contributed by atoms with E-state index in [2.05, 4.69) is 0 Å². The minimum Gasteiger partial charge on any atom is -1.00 e. The standard InChI is InChI=1S/C19H29F12N4.3ClH.Ti/c1-33-9-5-12(16(20,21)22)32-8-4-13(17(23,24)25)34(2)10-6-15(19(29,30)31)35(3)11-7-14(33)18(26,27)28;;;;/h12-14,32H,4-11H2,1-3H3;3*1H;/q;;;;+3/p-3. The zero-order chi connectivity index (χ0) is 28.3. The molecule has 0 amide bonds. The van der Waals surface area contributed by atoms with Crippen LogP contribution in [0.4, 0.5) is 52.7 Å². The molecular weight excluding hydrogens is 666 g/mol. The Morgan fingerprint density at radius 2 is 1.08 bits per heavy atom. The first-order chi connectivity index (χ1) is 16.0. The summed E-state index contributed by atoms with van der Waals surface area (Å²) in [6, 6.07) is -7.01. The number of alkyl halides is 12. The van der Waals surface area contributed by atoms with Crippen LogP contribution < -0.4 is 42.5 Å². The van der Waals surface area contributed by atoms with Crippen LogP contribution >= 0.6 is 0 Å². The van der Waals surface area contributed by atoms with E-state index in [-0.39, 0.29) is 37.2 Å². The van der Waals surface area contributed by atoms with Crippen LogP contribution in [0.25, 0.3) is 0 Å². The van der Waals surface area contributed by atoms with Gasteiger partial charge < -0.3 is 37.2 Å². The fourth-order valence-corrected chi connectivity index (χ4v) is 4.43. The molecule has 0 radical (unpaired) electrons. The topological polar surface area (TPSA) is 21.8 Å². The monoisotopic (exact) mass is 694 g/mol. The average molecular weight is 696 g/mol. The van der Waals surface area contributed by atoms with Gasteiger partial charge in [-0.05, 0) is 0 Å². The fraction of sp³-hybridized carbons (Fsp3) is 1.00. The van der Waals surface area contributed by atoms with E-state index in [0.29, 0.717) is 35.1 Å². The second-order valence-electron chi connectivity index (χ2n) is 9.02. The third-order valence-corrected chi connectivity index (χ3v) is 7.91. The number of nitrogens with one attached hydrogen (secondary N) is 1. The van der Waals surface area contributed by atoms with Crippen LogP contribution in [0.15, 0.2) is 0 Å². The Morgan fingerprint density at radius 3 is 1.49 bits per heavy atom. The second-order valence-corrected chi connectivity index (χ2v) is 10.3. The first-order valence-electron chi connectivity index (χ1n) is 10.9. The van der Waals surface area contributed by atoms with Crippen molar-refractivity contribution in [3.05, 3.63) is 0 Å². The molecule has 0 aromatic rings. The van der Waals surface area contributed by atoms with E-state index in [1.54, 1.807) is 0 Å². The molecule has 4 nitrogen and oxygen atoms in total. The molecule has 1 heterocycles. The maximum absolute atomic E-state index is 14.0. The average Bonchev–Trinajstić information content (AvgIpc) is 2.66. The molecule has 0 bridgehead atoms. The smallest absolute Gasteiger partial charge is 1.00 e. The van der Waals surface area contributed by atoms with Crippen molar-refractivity contribution in [1.29, 1.82) is 0 Å². The van der Waals surface area contributed by atoms with Crippen LogP contribution in [0.2, 0.25) is 0 Å². The summed E-state index contributed by atoms with van der Waals surface area (Å²) >= 11 is 0.703. The molecule has 234 valence electrons. The number of hydrogen-bond acceptors (Lipinski definition) is 4. The van der Waals surface area contributed by atoms with Crippen molar-refractivity contribution in [2.24, 2.45) is 0 Å². The van der Waals surface area contributed by atoms with Crippen LogP contribution in [-0.2, 0) is 20.4 Å². The second kappa shape index (κ2) is 16.4. The van der Waals surface area contributed by atoms with Gasteiger partial charge in [-0.1, -0.05) is 0 Å². The van der Waals surface area contributed by atoms with E-state index >= 15 is 0 Å². The number of rotatable bonds is 0. The Morgan fingerprint density at radius 1 is 0.641 bits per heavy atom. The van der Waals surface area contributed by atoms with Crippen molar-refractivity contribution in [1.82, 2.24) is 20.0 Å². The maximum Gasteiger partial charge on any atom is -1.00 e. The number of nitrogens with zero attached hydrogens (tertiary/aromatic N) is 3. The van der Waals surface area contributed by atoms with E-state index in [9.17, 15) is 52.7 Å². The molecule has 1 N–H and O–H groups in total. The van der Waals surface area contributed by atoms with Crippen LogP contribution in [0.3, 0.4) is 0 Å². The maximum atomic E-state index is 14.0. The molecule has 20 heteroatoms. The van der Waals surface area contributed by atoms with E-state index in [1.807, 2.05) is 5.32 Å². The van der Waals surface area contributed by atoms with Gasteiger partial charge in [0.15, 0.2) is 0 Å². The van der Waals surface area contributed by atoms with Gasteiger partial charge in [0.25, 0.3) is 0 Å². The summed E-state index contributed by atoms with van der Waals surface area (Å²) in [6.45, 7) is -3.06. The van der Waals surface area contributed by atoms with Gasteiger partial charge >= 0.3 is 213 Å². The van der Waals surface area contributed by atoms with Gasteiger partial charge in [-0.3, -0.25) is 0 Å². The predicted octanol–water partition coefficient (Wildman–Crippen LogP) is -4.44. The van der Waals surface area contributed by atoms with Crippen molar-refractivity contribution < 1.29 is 110 Å². The fourth-order valence-electron chi connectivity index (χ4n) is 4.08. The molecule has 1 rings (SSSR count). The normalized spacial score (nSPS) is 29.1. The van der Waals surface area contributed by atoms with Crippen LogP contribution in [0, 0.1) is 0 Å². The molecule has 39 heavy (non-hydrogen) atoms. The summed E-state index contributed by atoms with van der Waals surface area (Å²) in [5, 5.41) is 1.94. The van der Waals surface area contributed by atoms with Gasteiger partial charge in [0.2, 0.25) is 0 Å². The summed E-state index contributed by atoms with van der Waals surface area (Å²) in [4.78, 5) is 1.78. The van der Waals surface area contributed by atoms with E-state index in [4.69, 9.17) is 0 Å². The van der Waals surface area contributed by atoms with Crippen LogP contribution in [0.5, 0.6) is 0 Å². The molecule has 1 aliphatic heterocycles. The Kier molecular flexibility index (Phi) is 18.6. The van der Waals surface area contributed by atoms with Gasteiger partial charge in [-0.15, -0.1) is 0 Å². The number of halogens is 15. The van der Waals surface area contributed by atoms with Gasteiger partial charge in [0, 0.05) is 0 Å². The Labute approximate surface area is 249 Å². The van der Waals surface area contributed by atoms with E-state index in [0.717, 1.165) is 21.1 Å². The first kappa shape index (κ1) is 44.0. The molecule has 0 aliphatic carbocycles. The Balaban J connectivity index is -0.00000432. The van der Waals surface area contributed by atoms with Crippen molar-refractivity contribution in [2.45, 2.75) is 72.4 Å². The van der Waals surface area contributed by atoms with Crippen molar-refractivity contribution in [2.75, 3.05) is 47.3 Å². The van der Waals surface area contributed by atoms with Gasteiger partial charge in [-0.2, -0.15) is 0 Å². The van der Waals surface area contributed by atoms with E-state index in [1.165, 1.54) is 0 Å². The SMILES string of the molecule is CN1CCC(C(F)(F)F)NCCC(C(F)(F)F)N(C)CC[C]([Ti+3])(C(F)(F)F)N(C)CCC1C(F)(F)F.[Cl-].[Cl-].[Cl-]. The molecule has 1 saturated heterocycles.